The average molecular weight is 924 g/mol. The molecule has 0 fully saturated rings. The molecule has 2 heteroatoms. The molecule has 2 N–H and O–H groups in total. The first-order valence-corrected chi connectivity index (χ1v) is 25.6. The molecule has 0 amide bonds. The highest BCUT2D eigenvalue weighted by atomic mass is 32.1. The molecule has 0 radical (unpaired) electrons. The molecule has 352 valence electrons. The van der Waals surface area contributed by atoms with E-state index >= 15 is 0 Å². The fourth-order valence-corrected chi connectivity index (χ4v) is 11.7. The van der Waals surface area contributed by atoms with Gasteiger partial charge in [0.25, 0.3) is 0 Å². The Morgan fingerprint density at radius 2 is 0.986 bits per heavy atom. The second kappa shape index (κ2) is 22.5. The number of aryl methyl sites for hydroxylation is 4. The maximum atomic E-state index is 4.19. The van der Waals surface area contributed by atoms with Crippen LogP contribution in [0.25, 0.3) is 33.4 Å². The number of allylic oxidation sites excluding steroid dienone is 2. The summed E-state index contributed by atoms with van der Waals surface area (Å²) in [5.41, 5.74) is 23.7. The summed E-state index contributed by atoms with van der Waals surface area (Å²) < 4.78 is 0. The van der Waals surface area contributed by atoms with Crippen molar-refractivity contribution in [3.05, 3.63) is 261 Å². The fourth-order valence-electron chi connectivity index (χ4n) is 11.7. The van der Waals surface area contributed by atoms with Gasteiger partial charge in [0.2, 0.25) is 0 Å². The van der Waals surface area contributed by atoms with Crippen LogP contribution in [0.4, 0.5) is 0 Å². The third kappa shape index (κ3) is 9.85. The Balaban J connectivity index is 0.000000175. The fraction of sp³-hybridized carbons (Fsp3) is 0.254. The third-order valence-corrected chi connectivity index (χ3v) is 15.1. The first kappa shape index (κ1) is 50.7. The van der Waals surface area contributed by atoms with E-state index in [9.17, 15) is 0 Å². The summed E-state index contributed by atoms with van der Waals surface area (Å²) in [6, 6.07) is 68.9. The normalized spacial score (nSPS) is 18.4. The van der Waals surface area contributed by atoms with Crippen molar-refractivity contribution in [1.82, 2.24) is 0 Å². The van der Waals surface area contributed by atoms with E-state index in [0.29, 0.717) is 17.8 Å². The molecule has 69 heavy (non-hydrogen) atoms. The molecule has 1 nitrogen and oxygen atoms in total. The van der Waals surface area contributed by atoms with Crippen LogP contribution in [0.1, 0.15) is 115 Å². The van der Waals surface area contributed by atoms with Crippen molar-refractivity contribution >= 4 is 12.8 Å². The summed E-state index contributed by atoms with van der Waals surface area (Å²) in [6.07, 6.45) is 7.46. The standard InChI is InChI=1S/C36H36.C16H16.C13H12.C2H6.H3NS/c1-5-27-21-22-31-30-16-9-11-19-34(30)36(35(31)23-27,32-18-10-7-14-25(32)3)33-20-12-17-29(26(33)4)28-15-8-6-13-24(28)2;1-11-8-9-13-12-6-4-5-7-14(12)16(2,3)15(13)10-11;1-11-7-9-13(10-8-11)12-5-3-2-4-6-12;2*1-2/h6-22,27,31,35H,5,23H2,1-4H3;4-10H,1-3H3;2-10H,1H3;1-2H3;2H,1H2. The number of nitrogens with two attached hydrogens (primary N) is 1. The molecule has 11 rings (SSSR count). The minimum Gasteiger partial charge on any atom is -0.281 e. The number of rotatable bonds is 5. The summed E-state index contributed by atoms with van der Waals surface area (Å²) >= 11 is 3.03. The maximum Gasteiger partial charge on any atom is 0.0496 e. The van der Waals surface area contributed by atoms with Gasteiger partial charge in [0, 0.05) is 16.7 Å². The minimum absolute atomic E-state index is 0.151. The van der Waals surface area contributed by atoms with Gasteiger partial charge in [-0.3, -0.25) is 5.14 Å². The molecule has 3 aliphatic carbocycles. The van der Waals surface area contributed by atoms with Crippen LogP contribution >= 0.6 is 12.8 Å². The number of thiol groups is 1. The molecule has 0 bridgehead atoms. The topological polar surface area (TPSA) is 26.0 Å². The van der Waals surface area contributed by atoms with Gasteiger partial charge in [0.05, 0.1) is 0 Å². The van der Waals surface area contributed by atoms with Gasteiger partial charge in [-0.1, -0.05) is 246 Å². The van der Waals surface area contributed by atoms with Crippen LogP contribution in [0.2, 0.25) is 0 Å². The molecule has 4 unspecified atom stereocenters. The highest BCUT2D eigenvalue weighted by Crippen LogP contribution is 2.62. The van der Waals surface area contributed by atoms with Gasteiger partial charge in [-0.15, -0.1) is 12.8 Å². The Bertz CT molecular complexity index is 2990. The Morgan fingerprint density at radius 1 is 0.464 bits per heavy atom. The number of hydrogen-bond donors (Lipinski definition) is 2. The molecule has 3 aliphatic rings. The van der Waals surface area contributed by atoms with Crippen molar-refractivity contribution in [3.63, 3.8) is 0 Å². The lowest BCUT2D eigenvalue weighted by Crippen LogP contribution is -2.39. The Kier molecular flexibility index (Phi) is 16.5. The monoisotopic (exact) mass is 924 g/mol. The zero-order valence-electron chi connectivity index (χ0n) is 42.7. The molecule has 8 aromatic rings. The van der Waals surface area contributed by atoms with Crippen LogP contribution < -0.4 is 5.14 Å². The lowest BCUT2D eigenvalue weighted by Gasteiger charge is -2.44. The van der Waals surface area contributed by atoms with E-state index in [0.717, 1.165) is 0 Å². The molecule has 0 heterocycles. The predicted molar refractivity (Wildman–Crippen MR) is 303 cm³/mol. The molecule has 0 aromatic heterocycles. The highest BCUT2D eigenvalue weighted by Gasteiger charge is 2.55. The second-order valence-electron chi connectivity index (χ2n) is 19.4. The zero-order valence-corrected chi connectivity index (χ0v) is 43.6. The van der Waals surface area contributed by atoms with Gasteiger partial charge in [-0.2, -0.15) is 0 Å². The van der Waals surface area contributed by atoms with Crippen LogP contribution in [0.5, 0.6) is 0 Å². The van der Waals surface area contributed by atoms with Crippen molar-refractivity contribution < 1.29 is 0 Å². The van der Waals surface area contributed by atoms with Crippen LogP contribution in [0.3, 0.4) is 0 Å². The molecule has 0 aliphatic heterocycles. The van der Waals surface area contributed by atoms with Crippen molar-refractivity contribution in [3.8, 4) is 33.4 Å². The Hall–Kier alpha value is -6.19. The zero-order chi connectivity index (χ0) is 49.3. The van der Waals surface area contributed by atoms with Gasteiger partial charge in [0.15, 0.2) is 0 Å². The third-order valence-electron chi connectivity index (χ3n) is 15.1. The Morgan fingerprint density at radius 3 is 1.65 bits per heavy atom. The van der Waals surface area contributed by atoms with Crippen molar-refractivity contribution in [2.24, 2.45) is 17.0 Å². The molecule has 0 saturated carbocycles. The van der Waals surface area contributed by atoms with E-state index < -0.39 is 0 Å². The molecule has 8 aromatic carbocycles. The summed E-state index contributed by atoms with van der Waals surface area (Å²) in [6.45, 7) is 22.2. The first-order chi connectivity index (χ1) is 33.5. The van der Waals surface area contributed by atoms with E-state index in [2.05, 4.69) is 267 Å². The van der Waals surface area contributed by atoms with Crippen molar-refractivity contribution in [1.29, 1.82) is 0 Å². The first-order valence-electron chi connectivity index (χ1n) is 25.1. The minimum atomic E-state index is -0.173. The van der Waals surface area contributed by atoms with Crippen molar-refractivity contribution in [2.45, 2.75) is 98.8 Å². The molecular weight excluding hydrogens is 851 g/mol. The van der Waals surface area contributed by atoms with Gasteiger partial charge >= 0.3 is 0 Å². The van der Waals surface area contributed by atoms with Gasteiger partial charge in [-0.05, 0) is 143 Å². The van der Waals surface area contributed by atoms with Crippen molar-refractivity contribution in [2.75, 3.05) is 0 Å². The summed E-state index contributed by atoms with van der Waals surface area (Å²) in [7, 11) is 0. The van der Waals surface area contributed by atoms with E-state index in [1.54, 1.807) is 0 Å². The Labute approximate surface area is 421 Å². The van der Waals surface area contributed by atoms with Crippen LogP contribution in [-0.2, 0) is 10.8 Å². The largest absolute Gasteiger partial charge is 0.281 e. The van der Waals surface area contributed by atoms with E-state index in [-0.39, 0.29) is 10.8 Å². The summed E-state index contributed by atoms with van der Waals surface area (Å²) in [5.74, 6) is 1.57. The molecule has 0 spiro atoms. The van der Waals surface area contributed by atoms with Gasteiger partial charge in [0.1, 0.15) is 0 Å². The average Bonchev–Trinajstić information content (AvgIpc) is 3.81. The predicted octanol–water partition coefficient (Wildman–Crippen LogP) is 18.1. The van der Waals surface area contributed by atoms with Gasteiger partial charge in [-0.25, -0.2) is 0 Å². The quantitative estimate of drug-likeness (QED) is 0.131. The van der Waals surface area contributed by atoms with Crippen LogP contribution in [0, 0.1) is 46.5 Å². The lowest BCUT2D eigenvalue weighted by molar-refractivity contribution is 0.296. The molecule has 0 saturated heterocycles. The smallest absolute Gasteiger partial charge is 0.0496 e. The van der Waals surface area contributed by atoms with E-state index in [1.165, 1.54) is 107 Å². The highest BCUT2D eigenvalue weighted by molar-refractivity contribution is 7.77. The van der Waals surface area contributed by atoms with E-state index in [1.807, 2.05) is 19.9 Å². The molecular formula is C67H73NS. The second-order valence-corrected chi connectivity index (χ2v) is 19.4. The van der Waals surface area contributed by atoms with E-state index in [4.69, 9.17) is 0 Å². The number of fused-ring (bicyclic) bond motifs is 6. The summed E-state index contributed by atoms with van der Waals surface area (Å²) in [4.78, 5) is 0. The van der Waals surface area contributed by atoms with Crippen LogP contribution in [-0.4, -0.2) is 0 Å². The SMILES string of the molecule is CC.CCC1C=CC2c3ccccc3C(c3ccccc3C)(c3cccc(-c4ccccc4C)c3C)C2C1.Cc1ccc(-c2ccccc2)cc1.Cc1ccc2c(c1)C(C)(C)c1ccccc1-2.NS. The summed E-state index contributed by atoms with van der Waals surface area (Å²) in [5, 5.41) is 4.19. The van der Waals surface area contributed by atoms with Crippen LogP contribution in [0.15, 0.2) is 200 Å². The van der Waals surface area contributed by atoms with Gasteiger partial charge < -0.3 is 0 Å². The lowest BCUT2D eigenvalue weighted by atomic mass is 9.58. The number of hydrogen-bond acceptors (Lipinski definition) is 2. The molecule has 4 atom stereocenters. The maximum absolute atomic E-state index is 4.19. The number of benzene rings is 8.